The Labute approximate surface area is 172 Å². The van der Waals surface area contributed by atoms with E-state index in [0.29, 0.717) is 35.4 Å². The van der Waals surface area contributed by atoms with E-state index in [-0.39, 0.29) is 11.8 Å². The summed E-state index contributed by atoms with van der Waals surface area (Å²) in [6, 6.07) is 3.95. The number of amides is 2. The Hall–Kier alpha value is -1.26. The minimum absolute atomic E-state index is 0.0107. The van der Waals surface area contributed by atoms with Crippen LogP contribution in [-0.2, 0) is 14.3 Å². The molecule has 2 aliphatic heterocycles. The lowest BCUT2D eigenvalue weighted by Gasteiger charge is -2.26. The molecule has 2 saturated heterocycles. The van der Waals surface area contributed by atoms with Crippen molar-refractivity contribution in [2.24, 2.45) is 0 Å². The fourth-order valence-electron chi connectivity index (χ4n) is 2.84. The average Bonchev–Trinajstić information content (AvgIpc) is 3.26. The first-order chi connectivity index (χ1) is 13.1. The molecule has 1 N–H and O–H groups in total. The SMILES string of the molecule is O=C(CCCCCN1C(=O)/C(=C/c2cccs2)SC1=S)NN1CCOCC1. The smallest absolute Gasteiger partial charge is 0.266 e. The molecule has 0 aromatic carbocycles. The van der Waals surface area contributed by atoms with Gasteiger partial charge in [0.05, 0.1) is 18.1 Å². The minimum Gasteiger partial charge on any atom is -0.379 e. The number of thiophene rings is 1. The van der Waals surface area contributed by atoms with E-state index in [1.165, 1.54) is 11.8 Å². The summed E-state index contributed by atoms with van der Waals surface area (Å²) in [4.78, 5) is 27.9. The summed E-state index contributed by atoms with van der Waals surface area (Å²) < 4.78 is 5.87. The predicted octanol–water partition coefficient (Wildman–Crippen LogP) is 2.87. The summed E-state index contributed by atoms with van der Waals surface area (Å²) in [5.41, 5.74) is 2.91. The third-order valence-electron chi connectivity index (χ3n) is 4.27. The lowest BCUT2D eigenvalue weighted by molar-refractivity contribution is -0.128. The molecule has 0 unspecified atom stereocenters. The molecular weight excluding hydrogens is 402 g/mol. The highest BCUT2D eigenvalue weighted by Gasteiger charge is 2.31. The zero-order chi connectivity index (χ0) is 19.1. The maximum atomic E-state index is 12.5. The van der Waals surface area contributed by atoms with E-state index in [4.69, 9.17) is 17.0 Å². The highest BCUT2D eigenvalue weighted by atomic mass is 32.2. The Morgan fingerprint density at radius 1 is 1.30 bits per heavy atom. The van der Waals surface area contributed by atoms with Crippen molar-refractivity contribution >= 4 is 57.5 Å². The molecule has 3 heterocycles. The molecule has 0 atom stereocenters. The van der Waals surface area contributed by atoms with Crippen LogP contribution in [0.5, 0.6) is 0 Å². The molecule has 146 valence electrons. The number of nitrogens with one attached hydrogen (secondary N) is 1. The van der Waals surface area contributed by atoms with Crippen LogP contribution in [0.1, 0.15) is 30.6 Å². The van der Waals surface area contributed by atoms with E-state index in [1.54, 1.807) is 16.2 Å². The van der Waals surface area contributed by atoms with Crippen molar-refractivity contribution in [3.63, 3.8) is 0 Å². The van der Waals surface area contributed by atoms with Crippen molar-refractivity contribution in [1.82, 2.24) is 15.3 Å². The summed E-state index contributed by atoms with van der Waals surface area (Å²) in [6.07, 6.45) is 4.92. The van der Waals surface area contributed by atoms with Crippen molar-refractivity contribution in [2.45, 2.75) is 25.7 Å². The summed E-state index contributed by atoms with van der Waals surface area (Å²) in [7, 11) is 0. The second kappa shape index (κ2) is 10.3. The number of unbranched alkanes of at least 4 members (excludes halogenated alkanes) is 2. The van der Waals surface area contributed by atoms with Gasteiger partial charge < -0.3 is 4.74 Å². The van der Waals surface area contributed by atoms with Crippen LogP contribution < -0.4 is 5.43 Å². The van der Waals surface area contributed by atoms with Gasteiger partial charge in [-0.05, 0) is 30.4 Å². The number of hydrogen-bond acceptors (Lipinski definition) is 7. The molecule has 2 amide bonds. The maximum absolute atomic E-state index is 12.5. The molecule has 0 radical (unpaired) electrons. The lowest BCUT2D eigenvalue weighted by atomic mass is 10.2. The van der Waals surface area contributed by atoms with Crippen molar-refractivity contribution in [2.75, 3.05) is 32.8 Å². The van der Waals surface area contributed by atoms with Gasteiger partial charge in [0.25, 0.3) is 5.91 Å². The van der Waals surface area contributed by atoms with Crippen LogP contribution in [0.3, 0.4) is 0 Å². The number of thioether (sulfide) groups is 1. The Morgan fingerprint density at radius 3 is 2.85 bits per heavy atom. The lowest BCUT2D eigenvalue weighted by Crippen LogP contribution is -2.48. The molecular formula is C18H23N3O3S3. The van der Waals surface area contributed by atoms with Crippen LogP contribution in [0.4, 0.5) is 0 Å². The number of thiocarbonyl (C=S) groups is 1. The van der Waals surface area contributed by atoms with Gasteiger partial charge in [-0.3, -0.25) is 19.9 Å². The Kier molecular flexibility index (Phi) is 7.83. The van der Waals surface area contributed by atoms with E-state index >= 15 is 0 Å². The molecule has 0 spiro atoms. The zero-order valence-electron chi connectivity index (χ0n) is 15.0. The third kappa shape index (κ3) is 6.11. The van der Waals surface area contributed by atoms with Crippen molar-refractivity contribution < 1.29 is 14.3 Å². The number of carbonyl (C=O) groups is 2. The second-order valence-corrected chi connectivity index (χ2v) is 8.95. The van der Waals surface area contributed by atoms with Crippen LogP contribution in [0.15, 0.2) is 22.4 Å². The number of hydrogen-bond donors (Lipinski definition) is 1. The molecule has 9 heteroatoms. The Bertz CT molecular complexity index is 700. The first-order valence-corrected chi connectivity index (χ1v) is 11.1. The van der Waals surface area contributed by atoms with Gasteiger partial charge in [-0.25, -0.2) is 5.01 Å². The Balaban J connectivity index is 1.34. The van der Waals surface area contributed by atoms with E-state index in [2.05, 4.69) is 5.43 Å². The topological polar surface area (TPSA) is 61.9 Å². The molecule has 27 heavy (non-hydrogen) atoms. The molecule has 3 rings (SSSR count). The number of rotatable bonds is 8. The quantitative estimate of drug-likeness (QED) is 0.393. The van der Waals surface area contributed by atoms with Crippen molar-refractivity contribution in [3.8, 4) is 0 Å². The fourth-order valence-corrected chi connectivity index (χ4v) is 4.87. The van der Waals surface area contributed by atoms with E-state index in [1.807, 2.05) is 28.6 Å². The van der Waals surface area contributed by atoms with Gasteiger partial charge in [-0.2, -0.15) is 0 Å². The maximum Gasteiger partial charge on any atom is 0.266 e. The van der Waals surface area contributed by atoms with Gasteiger partial charge in [0.15, 0.2) is 0 Å². The minimum atomic E-state index is -0.0107. The van der Waals surface area contributed by atoms with Gasteiger partial charge in [-0.1, -0.05) is 36.5 Å². The van der Waals surface area contributed by atoms with Crippen LogP contribution in [0, 0.1) is 0 Å². The van der Waals surface area contributed by atoms with Gasteiger partial charge in [0.2, 0.25) is 5.91 Å². The molecule has 2 aliphatic rings. The van der Waals surface area contributed by atoms with Crippen LogP contribution >= 0.6 is 35.3 Å². The monoisotopic (exact) mass is 425 g/mol. The standard InChI is InChI=1S/C18H23N3O3S3/c22-16(19-20-8-10-24-11-9-20)6-2-1-3-7-21-17(23)15(27-18(21)25)13-14-5-4-12-26-14/h4-5,12-13H,1-3,6-11H2,(H,19,22)/b15-13-. The van der Waals surface area contributed by atoms with E-state index in [0.717, 1.165) is 37.2 Å². The van der Waals surface area contributed by atoms with Crippen LogP contribution in [0.25, 0.3) is 6.08 Å². The number of morpholine rings is 1. The van der Waals surface area contributed by atoms with Crippen LogP contribution in [0.2, 0.25) is 0 Å². The number of carbonyl (C=O) groups excluding carboxylic acids is 2. The average molecular weight is 426 g/mol. The zero-order valence-corrected chi connectivity index (χ0v) is 17.5. The Morgan fingerprint density at radius 2 is 2.11 bits per heavy atom. The molecule has 0 aliphatic carbocycles. The molecule has 0 bridgehead atoms. The van der Waals surface area contributed by atoms with E-state index < -0.39 is 0 Å². The van der Waals surface area contributed by atoms with Crippen LogP contribution in [-0.4, -0.2) is 58.9 Å². The van der Waals surface area contributed by atoms with Gasteiger partial charge in [0, 0.05) is 30.9 Å². The van der Waals surface area contributed by atoms with Gasteiger partial charge in [0.1, 0.15) is 4.32 Å². The third-order valence-corrected chi connectivity index (χ3v) is 6.47. The first-order valence-electron chi connectivity index (χ1n) is 9.04. The number of ether oxygens (including phenoxy) is 1. The van der Waals surface area contributed by atoms with Crippen molar-refractivity contribution in [3.05, 3.63) is 27.3 Å². The second-order valence-electron chi connectivity index (χ2n) is 6.29. The molecule has 1 aromatic rings. The fraction of sp³-hybridized carbons (Fsp3) is 0.500. The summed E-state index contributed by atoms with van der Waals surface area (Å²) in [5.74, 6) is 0.0323. The largest absolute Gasteiger partial charge is 0.379 e. The molecule has 1 aromatic heterocycles. The number of nitrogens with zero attached hydrogens (tertiary/aromatic N) is 2. The first kappa shape index (κ1) is 20.5. The summed E-state index contributed by atoms with van der Waals surface area (Å²) >= 11 is 8.32. The van der Waals surface area contributed by atoms with Gasteiger partial charge in [-0.15, -0.1) is 11.3 Å². The highest BCUT2D eigenvalue weighted by molar-refractivity contribution is 8.26. The van der Waals surface area contributed by atoms with Crippen molar-refractivity contribution in [1.29, 1.82) is 0 Å². The number of hydrazine groups is 1. The summed E-state index contributed by atoms with van der Waals surface area (Å²) in [5, 5.41) is 3.90. The highest BCUT2D eigenvalue weighted by Crippen LogP contribution is 2.33. The van der Waals surface area contributed by atoms with E-state index in [9.17, 15) is 9.59 Å². The summed E-state index contributed by atoms with van der Waals surface area (Å²) in [6.45, 7) is 3.39. The molecule has 2 fully saturated rings. The van der Waals surface area contributed by atoms with Gasteiger partial charge >= 0.3 is 0 Å². The molecule has 6 nitrogen and oxygen atoms in total. The normalized spacial score (nSPS) is 19.9. The molecule has 0 saturated carbocycles. The predicted molar refractivity (Wildman–Crippen MR) is 113 cm³/mol.